The second-order valence-corrected chi connectivity index (χ2v) is 9.43. The van der Waals surface area contributed by atoms with Crippen LogP contribution in [0.4, 0.5) is 0 Å². The summed E-state index contributed by atoms with van der Waals surface area (Å²) in [6.45, 7) is 6.98. The van der Waals surface area contributed by atoms with Crippen molar-refractivity contribution in [1.82, 2.24) is 24.9 Å². The Bertz CT molecular complexity index is 979. The Labute approximate surface area is 216 Å². The normalized spacial score (nSPS) is 17.9. The van der Waals surface area contributed by atoms with Crippen LogP contribution in [0.25, 0.3) is 0 Å². The number of rotatable bonds is 11. The molecule has 0 atom stereocenters. The number of nitrogens with zero attached hydrogens (tertiary/aromatic N) is 4. The summed E-state index contributed by atoms with van der Waals surface area (Å²) < 4.78 is 0. The number of carbonyl (C=O) groups excluding carboxylic acids is 4. The van der Waals surface area contributed by atoms with E-state index in [9.17, 15) is 29.1 Å². The fourth-order valence-corrected chi connectivity index (χ4v) is 4.39. The van der Waals surface area contributed by atoms with E-state index >= 15 is 0 Å². The van der Waals surface area contributed by atoms with E-state index in [0.29, 0.717) is 39.3 Å². The largest absolute Gasteiger partial charge is 0.480 e. The third kappa shape index (κ3) is 9.52. The molecule has 2 aliphatic rings. The van der Waals surface area contributed by atoms with Crippen LogP contribution in [-0.4, -0.2) is 120 Å². The first-order valence-corrected chi connectivity index (χ1v) is 12.5. The van der Waals surface area contributed by atoms with Crippen molar-refractivity contribution in [2.75, 3.05) is 65.4 Å². The first kappa shape index (κ1) is 28.2. The molecule has 2 aliphatic heterocycles. The van der Waals surface area contributed by atoms with Crippen LogP contribution >= 0.6 is 0 Å². The lowest BCUT2D eigenvalue weighted by Gasteiger charge is -2.25. The summed E-state index contributed by atoms with van der Waals surface area (Å²) in [6, 6.07) is 7.76. The Kier molecular flexibility index (Phi) is 10.5. The molecule has 0 saturated carbocycles. The van der Waals surface area contributed by atoms with Gasteiger partial charge in [0.1, 0.15) is 5.78 Å². The molecular weight excluding hydrogens is 478 g/mol. The summed E-state index contributed by atoms with van der Waals surface area (Å²) in [4.78, 5) is 65.6. The van der Waals surface area contributed by atoms with Crippen LogP contribution in [0, 0.1) is 0 Å². The molecule has 0 spiro atoms. The van der Waals surface area contributed by atoms with Crippen LogP contribution in [0.2, 0.25) is 0 Å². The molecule has 3 rings (SSSR count). The molecule has 0 bridgehead atoms. The monoisotopic (exact) mass is 513 g/mol. The van der Waals surface area contributed by atoms with Gasteiger partial charge in [0.05, 0.1) is 19.5 Å². The lowest BCUT2D eigenvalue weighted by molar-refractivity contribution is -0.139. The van der Waals surface area contributed by atoms with Gasteiger partial charge in [-0.3, -0.25) is 43.6 Å². The van der Waals surface area contributed by atoms with E-state index in [2.05, 4.69) is 15.1 Å². The number of benzene rings is 1. The van der Waals surface area contributed by atoms with Crippen molar-refractivity contribution in [3.8, 4) is 0 Å². The van der Waals surface area contributed by atoms with Crippen molar-refractivity contribution in [2.45, 2.75) is 19.9 Å². The number of hydrogen-bond acceptors (Lipinski definition) is 8. The number of Topliss-reactive ketones (excluding diaryl/α,β-unsaturated/α-hetero) is 1. The molecule has 11 nitrogen and oxygen atoms in total. The summed E-state index contributed by atoms with van der Waals surface area (Å²) in [5.74, 6) is -1.70. The molecule has 0 aliphatic carbocycles. The zero-order chi connectivity index (χ0) is 26.8. The van der Waals surface area contributed by atoms with Crippen LogP contribution in [0.1, 0.15) is 18.1 Å². The number of carboxylic acids is 1. The van der Waals surface area contributed by atoms with E-state index in [-0.39, 0.29) is 49.6 Å². The topological polar surface area (TPSA) is 131 Å². The van der Waals surface area contributed by atoms with Crippen LogP contribution in [-0.2, 0) is 36.9 Å². The van der Waals surface area contributed by atoms with Gasteiger partial charge in [0.15, 0.2) is 0 Å². The maximum Gasteiger partial charge on any atom is 0.317 e. The summed E-state index contributed by atoms with van der Waals surface area (Å²) in [6.07, 6.45) is 2.62. The first-order valence-electron chi connectivity index (χ1n) is 12.5. The van der Waals surface area contributed by atoms with Gasteiger partial charge in [0.25, 0.3) is 11.8 Å². The number of hydrogen-bond donors (Lipinski definition) is 2. The number of carboxylic acid groups (broad SMARTS) is 1. The Morgan fingerprint density at radius 1 is 0.811 bits per heavy atom. The lowest BCUT2D eigenvalue weighted by Crippen LogP contribution is -2.40. The average Bonchev–Trinajstić information content (AvgIpc) is 3.19. The number of amides is 3. The fraction of sp³-hybridized carbons (Fsp3) is 0.500. The van der Waals surface area contributed by atoms with E-state index in [0.717, 1.165) is 29.1 Å². The standard InChI is InChI=1S/C26H35N5O6/c1-20(32)17-28-10-12-29(13-15-30(14-11-28)19-26(36)37)18-22-4-2-21(3-5-22)16-23(33)27-8-9-31-24(34)6-7-25(31)35/h2-7H,8-19H2,1H3,(H,27,33)(H,36,37). The van der Waals surface area contributed by atoms with Crippen molar-refractivity contribution in [2.24, 2.45) is 0 Å². The van der Waals surface area contributed by atoms with Gasteiger partial charge in [-0.2, -0.15) is 0 Å². The highest BCUT2D eigenvalue weighted by molar-refractivity contribution is 6.12. The number of ketones is 1. The lowest BCUT2D eigenvalue weighted by atomic mass is 10.1. The quantitative estimate of drug-likeness (QED) is 0.371. The van der Waals surface area contributed by atoms with Gasteiger partial charge in [-0.05, 0) is 18.1 Å². The summed E-state index contributed by atoms with van der Waals surface area (Å²) in [5.41, 5.74) is 1.92. The number of carbonyl (C=O) groups is 5. The zero-order valence-electron chi connectivity index (χ0n) is 21.2. The van der Waals surface area contributed by atoms with Crippen LogP contribution < -0.4 is 5.32 Å². The molecule has 1 aromatic rings. The number of imide groups is 1. The van der Waals surface area contributed by atoms with Gasteiger partial charge in [0, 0.05) is 71.1 Å². The van der Waals surface area contributed by atoms with Gasteiger partial charge in [-0.25, -0.2) is 0 Å². The molecular formula is C26H35N5O6. The minimum atomic E-state index is -0.862. The summed E-state index contributed by atoms with van der Waals surface area (Å²) >= 11 is 0. The van der Waals surface area contributed by atoms with E-state index in [1.165, 1.54) is 12.2 Å². The Morgan fingerprint density at radius 3 is 1.86 bits per heavy atom. The predicted molar refractivity (Wildman–Crippen MR) is 135 cm³/mol. The average molecular weight is 514 g/mol. The van der Waals surface area contributed by atoms with Gasteiger partial charge in [-0.15, -0.1) is 0 Å². The second kappa shape index (κ2) is 13.8. The summed E-state index contributed by atoms with van der Waals surface area (Å²) in [5, 5.41) is 12.0. The van der Waals surface area contributed by atoms with Crippen molar-refractivity contribution in [3.63, 3.8) is 0 Å². The van der Waals surface area contributed by atoms with E-state index in [1.54, 1.807) is 6.92 Å². The molecule has 2 N–H and O–H groups in total. The Morgan fingerprint density at radius 2 is 1.32 bits per heavy atom. The SMILES string of the molecule is CC(=O)CN1CCN(CC(=O)O)CCN(Cc2ccc(CC(=O)NCCN3C(=O)C=CC3=O)cc2)CC1. The molecule has 11 heteroatoms. The number of nitrogens with one attached hydrogen (secondary N) is 1. The molecule has 0 aromatic heterocycles. The minimum absolute atomic E-state index is 0.0277. The number of aliphatic carboxylic acids is 1. The minimum Gasteiger partial charge on any atom is -0.480 e. The van der Waals surface area contributed by atoms with Gasteiger partial charge in [-0.1, -0.05) is 24.3 Å². The Balaban J connectivity index is 1.50. The van der Waals surface area contributed by atoms with Crippen molar-refractivity contribution < 1.29 is 29.1 Å². The van der Waals surface area contributed by atoms with E-state index in [4.69, 9.17) is 0 Å². The molecule has 0 radical (unpaired) electrons. The predicted octanol–water partition coefficient (Wildman–Crippen LogP) is -0.636. The molecule has 3 amide bonds. The van der Waals surface area contributed by atoms with E-state index < -0.39 is 5.97 Å². The molecule has 2 heterocycles. The van der Waals surface area contributed by atoms with Crippen LogP contribution in [0.3, 0.4) is 0 Å². The molecule has 200 valence electrons. The maximum atomic E-state index is 12.3. The molecule has 1 fully saturated rings. The van der Waals surface area contributed by atoms with E-state index in [1.807, 2.05) is 29.2 Å². The third-order valence-corrected chi connectivity index (χ3v) is 6.35. The maximum absolute atomic E-state index is 12.3. The smallest absolute Gasteiger partial charge is 0.317 e. The van der Waals surface area contributed by atoms with Crippen molar-refractivity contribution in [3.05, 3.63) is 47.5 Å². The highest BCUT2D eigenvalue weighted by atomic mass is 16.4. The highest BCUT2D eigenvalue weighted by Crippen LogP contribution is 2.10. The zero-order valence-corrected chi connectivity index (χ0v) is 21.2. The molecule has 1 aromatic carbocycles. The highest BCUT2D eigenvalue weighted by Gasteiger charge is 2.23. The van der Waals surface area contributed by atoms with Crippen LogP contribution in [0.15, 0.2) is 36.4 Å². The first-order chi connectivity index (χ1) is 17.7. The van der Waals surface area contributed by atoms with Gasteiger partial charge < -0.3 is 10.4 Å². The molecule has 0 unspecified atom stereocenters. The van der Waals surface area contributed by atoms with Gasteiger partial charge in [0.2, 0.25) is 5.91 Å². The van der Waals surface area contributed by atoms with Crippen molar-refractivity contribution >= 4 is 29.5 Å². The molecule has 37 heavy (non-hydrogen) atoms. The van der Waals surface area contributed by atoms with Gasteiger partial charge >= 0.3 is 5.97 Å². The fourth-order valence-electron chi connectivity index (χ4n) is 4.39. The molecule has 1 saturated heterocycles. The third-order valence-electron chi connectivity index (χ3n) is 6.35. The van der Waals surface area contributed by atoms with Crippen LogP contribution in [0.5, 0.6) is 0 Å². The summed E-state index contributed by atoms with van der Waals surface area (Å²) in [7, 11) is 0. The van der Waals surface area contributed by atoms with Crippen molar-refractivity contribution in [1.29, 1.82) is 0 Å². The Hall–Kier alpha value is -3.41. The second-order valence-electron chi connectivity index (χ2n) is 9.43.